The second-order valence-corrected chi connectivity index (χ2v) is 7.61. The second kappa shape index (κ2) is 8.03. The molecule has 2 aromatic carbocycles. The quantitative estimate of drug-likeness (QED) is 0.711. The van der Waals surface area contributed by atoms with Crippen LogP contribution in [0.1, 0.15) is 25.7 Å². The highest BCUT2D eigenvalue weighted by molar-refractivity contribution is 5.92. The number of benzene rings is 2. The molecule has 1 fully saturated rings. The third-order valence-electron chi connectivity index (χ3n) is 5.66. The molecule has 3 aromatic rings. The molecule has 0 aliphatic heterocycles. The number of H-pyrrole nitrogens is 1. The van der Waals surface area contributed by atoms with Gasteiger partial charge in [-0.1, -0.05) is 12.1 Å². The van der Waals surface area contributed by atoms with Gasteiger partial charge in [0.2, 0.25) is 5.91 Å². The van der Waals surface area contributed by atoms with Gasteiger partial charge in [0.15, 0.2) is 0 Å². The van der Waals surface area contributed by atoms with Crippen molar-refractivity contribution in [2.75, 3.05) is 5.32 Å². The topological polar surface area (TPSA) is 84.0 Å². The number of para-hydroxylation sites is 1. The van der Waals surface area contributed by atoms with E-state index in [-0.39, 0.29) is 29.1 Å². The van der Waals surface area contributed by atoms with Crippen molar-refractivity contribution in [2.24, 2.45) is 11.8 Å². The van der Waals surface area contributed by atoms with Crippen LogP contribution in [-0.2, 0) is 11.3 Å². The molecule has 0 saturated heterocycles. The molecule has 0 radical (unpaired) electrons. The van der Waals surface area contributed by atoms with Crippen molar-refractivity contribution in [1.29, 1.82) is 0 Å². The Morgan fingerprint density at radius 2 is 1.72 bits per heavy atom. The Labute approximate surface area is 166 Å². The zero-order valence-electron chi connectivity index (χ0n) is 15.9. The van der Waals surface area contributed by atoms with E-state index < -0.39 is 5.69 Å². The van der Waals surface area contributed by atoms with Crippen LogP contribution in [0.4, 0.5) is 10.1 Å². The van der Waals surface area contributed by atoms with Crippen LogP contribution in [0.3, 0.4) is 0 Å². The zero-order valence-corrected chi connectivity index (χ0v) is 15.9. The molecule has 0 unspecified atom stereocenters. The molecule has 6 nitrogen and oxygen atoms in total. The predicted octanol–water partition coefficient (Wildman–Crippen LogP) is 3.27. The summed E-state index contributed by atoms with van der Waals surface area (Å²) in [6.45, 7) is 0.352. The molecule has 1 saturated carbocycles. The molecule has 1 aliphatic rings. The van der Waals surface area contributed by atoms with Gasteiger partial charge < -0.3 is 10.3 Å². The molecule has 0 atom stereocenters. The summed E-state index contributed by atoms with van der Waals surface area (Å²) in [5, 5.41) is 3.33. The van der Waals surface area contributed by atoms with Gasteiger partial charge in [-0.2, -0.15) is 0 Å². The summed E-state index contributed by atoms with van der Waals surface area (Å²) in [6, 6.07) is 12.7. The number of carbonyl (C=O) groups is 1. The zero-order chi connectivity index (χ0) is 20.4. The first kappa shape index (κ1) is 19.1. The number of rotatable bonds is 4. The van der Waals surface area contributed by atoms with Crippen molar-refractivity contribution >= 4 is 22.5 Å². The molecule has 0 spiro atoms. The van der Waals surface area contributed by atoms with Gasteiger partial charge in [-0.05, 0) is 68.0 Å². The molecule has 1 aromatic heterocycles. The lowest BCUT2D eigenvalue weighted by Crippen LogP contribution is -2.38. The normalized spacial score (nSPS) is 19.2. The molecule has 29 heavy (non-hydrogen) atoms. The van der Waals surface area contributed by atoms with Gasteiger partial charge in [0.1, 0.15) is 5.82 Å². The average molecular weight is 395 g/mol. The lowest BCUT2D eigenvalue weighted by molar-refractivity contribution is -0.121. The Balaban J connectivity index is 1.39. The van der Waals surface area contributed by atoms with Crippen LogP contribution in [-0.4, -0.2) is 15.5 Å². The SMILES string of the molecule is O=C(Nc1ccc(F)cc1)C1CCC(Cn2c(=O)[nH]c3ccccc3c2=O)CC1. The predicted molar refractivity (Wildman–Crippen MR) is 109 cm³/mol. The first-order chi connectivity index (χ1) is 14.0. The number of aromatic nitrogens is 2. The molecule has 1 heterocycles. The third-order valence-corrected chi connectivity index (χ3v) is 5.66. The summed E-state index contributed by atoms with van der Waals surface area (Å²) in [5.74, 6) is -0.369. The van der Waals surface area contributed by atoms with Crippen LogP contribution in [0.15, 0.2) is 58.1 Å². The monoisotopic (exact) mass is 395 g/mol. The van der Waals surface area contributed by atoms with Crippen molar-refractivity contribution in [2.45, 2.75) is 32.2 Å². The average Bonchev–Trinajstić information content (AvgIpc) is 2.73. The maximum Gasteiger partial charge on any atom is 0.328 e. The summed E-state index contributed by atoms with van der Waals surface area (Å²) in [5.41, 5.74) is 0.443. The van der Waals surface area contributed by atoms with E-state index >= 15 is 0 Å². The smallest absolute Gasteiger partial charge is 0.326 e. The Hall–Kier alpha value is -3.22. The highest BCUT2D eigenvalue weighted by atomic mass is 19.1. The van der Waals surface area contributed by atoms with Gasteiger partial charge in [-0.25, -0.2) is 9.18 Å². The fourth-order valence-corrected chi connectivity index (χ4v) is 4.01. The number of nitrogens with zero attached hydrogens (tertiary/aromatic N) is 1. The summed E-state index contributed by atoms with van der Waals surface area (Å²) in [7, 11) is 0. The van der Waals surface area contributed by atoms with E-state index in [0.29, 0.717) is 36.0 Å². The van der Waals surface area contributed by atoms with Crippen molar-refractivity contribution in [1.82, 2.24) is 9.55 Å². The number of amides is 1. The number of nitrogens with one attached hydrogen (secondary N) is 2. The molecule has 4 rings (SSSR count). The number of fused-ring (bicyclic) bond motifs is 1. The van der Waals surface area contributed by atoms with Gasteiger partial charge >= 0.3 is 5.69 Å². The minimum Gasteiger partial charge on any atom is -0.326 e. The molecule has 7 heteroatoms. The maximum atomic E-state index is 13.0. The first-order valence-electron chi connectivity index (χ1n) is 9.79. The van der Waals surface area contributed by atoms with Crippen LogP contribution in [0.5, 0.6) is 0 Å². The fraction of sp³-hybridized carbons (Fsp3) is 0.318. The van der Waals surface area contributed by atoms with Gasteiger partial charge in [0, 0.05) is 18.2 Å². The standard InChI is InChI=1S/C22H22FN3O3/c23-16-9-11-17(12-10-16)24-20(27)15-7-5-14(6-8-15)13-26-21(28)18-3-1-2-4-19(18)25-22(26)29/h1-4,9-12,14-15H,5-8,13H2,(H,24,27)(H,25,29). The van der Waals surface area contributed by atoms with E-state index in [2.05, 4.69) is 10.3 Å². The molecule has 1 aliphatic carbocycles. The highest BCUT2D eigenvalue weighted by Crippen LogP contribution is 2.30. The number of hydrogen-bond donors (Lipinski definition) is 2. The Kier molecular flexibility index (Phi) is 5.29. The van der Waals surface area contributed by atoms with E-state index in [4.69, 9.17) is 0 Å². The summed E-state index contributed by atoms with van der Waals surface area (Å²) < 4.78 is 14.3. The van der Waals surface area contributed by atoms with Crippen LogP contribution in [0, 0.1) is 17.7 Å². The lowest BCUT2D eigenvalue weighted by atomic mass is 9.81. The number of carbonyl (C=O) groups excluding carboxylic acids is 1. The van der Waals surface area contributed by atoms with E-state index in [1.165, 1.54) is 28.8 Å². The van der Waals surface area contributed by atoms with Crippen LogP contribution < -0.4 is 16.6 Å². The van der Waals surface area contributed by atoms with Gasteiger partial charge in [0.25, 0.3) is 5.56 Å². The summed E-state index contributed by atoms with van der Waals surface area (Å²) in [6.07, 6.45) is 2.91. The molecule has 150 valence electrons. The summed E-state index contributed by atoms with van der Waals surface area (Å²) in [4.78, 5) is 40.2. The van der Waals surface area contributed by atoms with E-state index in [0.717, 1.165) is 12.8 Å². The third kappa shape index (κ3) is 4.13. The van der Waals surface area contributed by atoms with Crippen molar-refractivity contribution in [3.8, 4) is 0 Å². The Morgan fingerprint density at radius 3 is 2.45 bits per heavy atom. The number of anilines is 1. The number of aromatic amines is 1. The molecular formula is C22H22FN3O3. The van der Waals surface area contributed by atoms with E-state index in [1.54, 1.807) is 24.3 Å². The minimum absolute atomic E-state index is 0.0734. The van der Waals surface area contributed by atoms with Crippen LogP contribution >= 0.6 is 0 Å². The van der Waals surface area contributed by atoms with Crippen LogP contribution in [0.25, 0.3) is 10.9 Å². The Morgan fingerprint density at radius 1 is 1.03 bits per heavy atom. The maximum absolute atomic E-state index is 13.0. The second-order valence-electron chi connectivity index (χ2n) is 7.61. The molecule has 1 amide bonds. The molecular weight excluding hydrogens is 373 g/mol. The van der Waals surface area contributed by atoms with Gasteiger partial charge in [-0.15, -0.1) is 0 Å². The van der Waals surface area contributed by atoms with E-state index in [9.17, 15) is 18.8 Å². The van der Waals surface area contributed by atoms with Gasteiger partial charge in [0.05, 0.1) is 10.9 Å². The molecule has 0 bridgehead atoms. The van der Waals surface area contributed by atoms with Gasteiger partial charge in [-0.3, -0.25) is 14.2 Å². The van der Waals surface area contributed by atoms with Crippen molar-refractivity contribution < 1.29 is 9.18 Å². The van der Waals surface area contributed by atoms with Crippen molar-refractivity contribution in [3.63, 3.8) is 0 Å². The van der Waals surface area contributed by atoms with E-state index in [1.807, 2.05) is 0 Å². The molecule has 2 N–H and O–H groups in total. The largest absolute Gasteiger partial charge is 0.328 e. The number of hydrogen-bond acceptors (Lipinski definition) is 3. The van der Waals surface area contributed by atoms with Crippen molar-refractivity contribution in [3.05, 3.63) is 75.2 Å². The summed E-state index contributed by atoms with van der Waals surface area (Å²) >= 11 is 0. The van der Waals surface area contributed by atoms with Crippen LogP contribution in [0.2, 0.25) is 0 Å². The number of halogens is 1. The lowest BCUT2D eigenvalue weighted by Gasteiger charge is -2.28. The highest BCUT2D eigenvalue weighted by Gasteiger charge is 2.27. The minimum atomic E-state index is -0.398. The Bertz CT molecular complexity index is 1140. The first-order valence-corrected chi connectivity index (χ1v) is 9.79. The fourth-order valence-electron chi connectivity index (χ4n) is 4.01.